The lowest BCUT2D eigenvalue weighted by atomic mass is 9.85. The molecule has 1 amide bonds. The number of carbonyl (C=O) groups is 1. The van der Waals surface area contributed by atoms with Crippen molar-refractivity contribution >= 4 is 5.91 Å². The Morgan fingerprint density at radius 2 is 2.44 bits per heavy atom. The van der Waals surface area contributed by atoms with Crippen LogP contribution in [-0.2, 0) is 9.53 Å². The van der Waals surface area contributed by atoms with E-state index in [0.717, 1.165) is 26.1 Å². The van der Waals surface area contributed by atoms with Crippen molar-refractivity contribution in [3.05, 3.63) is 0 Å². The quantitative estimate of drug-likeness (QED) is 0.795. The molecule has 0 aromatic rings. The van der Waals surface area contributed by atoms with E-state index in [1.165, 1.54) is 12.8 Å². The Bertz CT molecular complexity index is 282. The summed E-state index contributed by atoms with van der Waals surface area (Å²) in [6, 6.07) is 0. The van der Waals surface area contributed by atoms with Crippen LogP contribution >= 0.6 is 0 Å². The van der Waals surface area contributed by atoms with Crippen LogP contribution in [0.25, 0.3) is 0 Å². The van der Waals surface area contributed by atoms with E-state index in [4.69, 9.17) is 4.74 Å². The maximum atomic E-state index is 12.1. The normalized spacial score (nSPS) is 34.2. The standard InChI is InChI=1S/C14H26N2O2/c1-11(12-4-3-6-15-9-12)8-13(17)16-14(2)5-7-18-10-14/h11-12,15H,3-10H2,1-2H3,(H,16,17). The molecular weight excluding hydrogens is 228 g/mol. The summed E-state index contributed by atoms with van der Waals surface area (Å²) in [5.41, 5.74) is -0.137. The van der Waals surface area contributed by atoms with E-state index in [-0.39, 0.29) is 11.4 Å². The van der Waals surface area contributed by atoms with Gasteiger partial charge in [0.05, 0.1) is 12.1 Å². The van der Waals surface area contributed by atoms with E-state index in [1.807, 2.05) is 0 Å². The Kier molecular flexibility index (Phi) is 4.62. The van der Waals surface area contributed by atoms with Gasteiger partial charge in [0.2, 0.25) is 5.91 Å². The van der Waals surface area contributed by atoms with Crippen LogP contribution < -0.4 is 10.6 Å². The molecule has 0 bridgehead atoms. The van der Waals surface area contributed by atoms with E-state index >= 15 is 0 Å². The smallest absolute Gasteiger partial charge is 0.220 e. The largest absolute Gasteiger partial charge is 0.379 e. The highest BCUT2D eigenvalue weighted by atomic mass is 16.5. The number of hydrogen-bond acceptors (Lipinski definition) is 3. The van der Waals surface area contributed by atoms with Gasteiger partial charge in [0.1, 0.15) is 0 Å². The van der Waals surface area contributed by atoms with E-state index in [1.54, 1.807) is 0 Å². The fourth-order valence-corrected chi connectivity index (χ4v) is 2.98. The second kappa shape index (κ2) is 6.02. The van der Waals surface area contributed by atoms with Gasteiger partial charge in [0, 0.05) is 13.0 Å². The molecule has 2 saturated heterocycles. The molecule has 0 aromatic carbocycles. The maximum Gasteiger partial charge on any atom is 0.220 e. The van der Waals surface area contributed by atoms with Gasteiger partial charge in [-0.25, -0.2) is 0 Å². The monoisotopic (exact) mass is 254 g/mol. The van der Waals surface area contributed by atoms with Crippen molar-refractivity contribution in [2.24, 2.45) is 11.8 Å². The summed E-state index contributed by atoms with van der Waals surface area (Å²) in [5.74, 6) is 1.29. The third-order valence-electron chi connectivity index (χ3n) is 4.31. The van der Waals surface area contributed by atoms with Crippen molar-refractivity contribution in [3.8, 4) is 0 Å². The molecule has 0 aliphatic carbocycles. The summed E-state index contributed by atoms with van der Waals surface area (Å²) < 4.78 is 5.36. The minimum Gasteiger partial charge on any atom is -0.379 e. The second-order valence-corrected chi connectivity index (χ2v) is 6.20. The fourth-order valence-electron chi connectivity index (χ4n) is 2.98. The van der Waals surface area contributed by atoms with Crippen LogP contribution in [0.2, 0.25) is 0 Å². The van der Waals surface area contributed by atoms with E-state index < -0.39 is 0 Å². The highest BCUT2D eigenvalue weighted by molar-refractivity contribution is 5.77. The Labute approximate surface area is 110 Å². The predicted octanol–water partition coefficient (Wildman–Crippen LogP) is 1.31. The number of piperidine rings is 1. The first kappa shape index (κ1) is 13.8. The van der Waals surface area contributed by atoms with Crippen LogP contribution in [0.5, 0.6) is 0 Å². The average molecular weight is 254 g/mol. The van der Waals surface area contributed by atoms with Crippen molar-refractivity contribution in [3.63, 3.8) is 0 Å². The van der Waals surface area contributed by atoms with Crippen LogP contribution in [0.1, 0.15) is 39.5 Å². The number of rotatable bonds is 4. The first-order valence-electron chi connectivity index (χ1n) is 7.18. The summed E-state index contributed by atoms with van der Waals surface area (Å²) in [7, 11) is 0. The van der Waals surface area contributed by atoms with Gasteiger partial charge in [0.15, 0.2) is 0 Å². The number of nitrogens with one attached hydrogen (secondary N) is 2. The molecule has 2 rings (SSSR count). The lowest BCUT2D eigenvalue weighted by Crippen LogP contribution is -2.47. The molecule has 0 spiro atoms. The van der Waals surface area contributed by atoms with Crippen molar-refractivity contribution in [1.29, 1.82) is 0 Å². The van der Waals surface area contributed by atoms with Gasteiger partial charge in [0.25, 0.3) is 0 Å². The third-order valence-corrected chi connectivity index (χ3v) is 4.31. The predicted molar refractivity (Wildman–Crippen MR) is 71.4 cm³/mol. The Morgan fingerprint density at radius 3 is 3.06 bits per heavy atom. The molecule has 4 heteroatoms. The molecule has 3 unspecified atom stereocenters. The van der Waals surface area contributed by atoms with Gasteiger partial charge < -0.3 is 15.4 Å². The maximum absolute atomic E-state index is 12.1. The summed E-state index contributed by atoms with van der Waals surface area (Å²) in [5, 5.41) is 6.56. The molecule has 0 aromatic heterocycles. The topological polar surface area (TPSA) is 50.4 Å². The first-order chi connectivity index (χ1) is 8.59. The Morgan fingerprint density at radius 1 is 1.61 bits per heavy atom. The molecule has 0 saturated carbocycles. The summed E-state index contributed by atoms with van der Waals surface area (Å²) >= 11 is 0. The van der Waals surface area contributed by atoms with Crippen LogP contribution in [0.15, 0.2) is 0 Å². The highest BCUT2D eigenvalue weighted by Crippen LogP contribution is 2.23. The number of carbonyl (C=O) groups excluding carboxylic acids is 1. The fraction of sp³-hybridized carbons (Fsp3) is 0.929. The zero-order valence-corrected chi connectivity index (χ0v) is 11.6. The molecule has 3 atom stereocenters. The molecule has 2 heterocycles. The van der Waals surface area contributed by atoms with Crippen LogP contribution in [0.4, 0.5) is 0 Å². The van der Waals surface area contributed by atoms with Gasteiger partial charge in [-0.1, -0.05) is 6.92 Å². The third kappa shape index (κ3) is 3.69. The lowest BCUT2D eigenvalue weighted by molar-refractivity contribution is -0.124. The first-order valence-corrected chi connectivity index (χ1v) is 7.18. The van der Waals surface area contributed by atoms with Gasteiger partial charge in [-0.3, -0.25) is 4.79 Å². The Hall–Kier alpha value is -0.610. The molecule has 2 aliphatic rings. The summed E-state index contributed by atoms with van der Waals surface area (Å²) in [4.78, 5) is 12.1. The van der Waals surface area contributed by atoms with Crippen LogP contribution in [0, 0.1) is 11.8 Å². The number of hydrogen-bond donors (Lipinski definition) is 2. The molecule has 4 nitrogen and oxygen atoms in total. The highest BCUT2D eigenvalue weighted by Gasteiger charge is 2.32. The minimum absolute atomic E-state index is 0.137. The van der Waals surface area contributed by atoms with Crippen molar-refractivity contribution in [2.45, 2.75) is 45.1 Å². The molecule has 2 fully saturated rings. The zero-order valence-electron chi connectivity index (χ0n) is 11.6. The van der Waals surface area contributed by atoms with E-state index in [0.29, 0.717) is 24.9 Å². The molecule has 0 radical (unpaired) electrons. The SMILES string of the molecule is CC(CC(=O)NC1(C)CCOC1)C1CCCNC1. The van der Waals surface area contributed by atoms with Crippen molar-refractivity contribution in [2.75, 3.05) is 26.3 Å². The molecular formula is C14H26N2O2. The van der Waals surface area contributed by atoms with E-state index in [2.05, 4.69) is 24.5 Å². The summed E-state index contributed by atoms with van der Waals surface area (Å²) in [6.45, 7) is 7.88. The summed E-state index contributed by atoms with van der Waals surface area (Å²) in [6.07, 6.45) is 4.06. The molecule has 2 aliphatic heterocycles. The van der Waals surface area contributed by atoms with Crippen LogP contribution in [-0.4, -0.2) is 37.7 Å². The minimum atomic E-state index is -0.137. The average Bonchev–Trinajstić information content (AvgIpc) is 2.76. The zero-order chi connectivity index (χ0) is 13.0. The Balaban J connectivity index is 1.75. The van der Waals surface area contributed by atoms with Gasteiger partial charge in [-0.05, 0) is 51.1 Å². The van der Waals surface area contributed by atoms with Gasteiger partial charge in [-0.15, -0.1) is 0 Å². The number of ether oxygens (including phenoxy) is 1. The van der Waals surface area contributed by atoms with Crippen molar-refractivity contribution < 1.29 is 9.53 Å². The lowest BCUT2D eigenvalue weighted by Gasteiger charge is -2.29. The van der Waals surface area contributed by atoms with Gasteiger partial charge >= 0.3 is 0 Å². The van der Waals surface area contributed by atoms with E-state index in [9.17, 15) is 4.79 Å². The van der Waals surface area contributed by atoms with Crippen molar-refractivity contribution in [1.82, 2.24) is 10.6 Å². The molecule has 2 N–H and O–H groups in total. The van der Waals surface area contributed by atoms with Gasteiger partial charge in [-0.2, -0.15) is 0 Å². The number of amides is 1. The molecule has 104 valence electrons. The van der Waals surface area contributed by atoms with Crippen LogP contribution in [0.3, 0.4) is 0 Å². The molecule has 18 heavy (non-hydrogen) atoms. The second-order valence-electron chi connectivity index (χ2n) is 6.20.